The predicted octanol–water partition coefficient (Wildman–Crippen LogP) is 4.59. The molecule has 0 aromatic heterocycles. The molecule has 4 amide bonds. The summed E-state index contributed by atoms with van der Waals surface area (Å²) in [6.07, 6.45) is -0.220. The lowest BCUT2D eigenvalue weighted by molar-refractivity contribution is -0.124. The average Bonchev–Trinajstić information content (AvgIpc) is 3.06. The molecule has 1 N–H and O–H groups in total. The van der Waals surface area contributed by atoms with Gasteiger partial charge in [0, 0.05) is 12.2 Å². The zero-order valence-corrected chi connectivity index (χ0v) is 18.6. The molecule has 1 saturated heterocycles. The van der Waals surface area contributed by atoms with Crippen LogP contribution in [0.25, 0.3) is 0 Å². The van der Waals surface area contributed by atoms with Crippen molar-refractivity contribution in [3.8, 4) is 5.75 Å². The molecule has 4 rings (SSSR count). The zero-order valence-electron chi connectivity index (χ0n) is 18.6. The summed E-state index contributed by atoms with van der Waals surface area (Å²) >= 11 is 0. The topological polar surface area (TPSA) is 79.0 Å². The van der Waals surface area contributed by atoms with E-state index >= 15 is 0 Å². The Hall–Kier alpha value is -4.20. The van der Waals surface area contributed by atoms with Gasteiger partial charge in [0.25, 0.3) is 5.91 Å². The summed E-state index contributed by atoms with van der Waals surface area (Å²) in [5.74, 6) is -0.611. The summed E-state index contributed by atoms with van der Waals surface area (Å²) < 4.78 is 18.7. The fraction of sp³-hybridized carbons (Fsp3) is 0.192. The van der Waals surface area contributed by atoms with Crippen molar-refractivity contribution in [2.75, 3.05) is 16.8 Å². The lowest BCUT2D eigenvalue weighted by Gasteiger charge is -2.21. The molecule has 1 atom stereocenters. The van der Waals surface area contributed by atoms with E-state index in [0.717, 1.165) is 4.90 Å². The number of para-hydroxylation sites is 1. The second-order valence-corrected chi connectivity index (χ2v) is 7.77. The number of amides is 4. The molecule has 1 aliphatic heterocycles. The maximum absolute atomic E-state index is 13.3. The van der Waals surface area contributed by atoms with Crippen molar-refractivity contribution < 1.29 is 23.5 Å². The van der Waals surface area contributed by atoms with E-state index in [9.17, 15) is 18.8 Å². The van der Waals surface area contributed by atoms with Gasteiger partial charge in [-0.1, -0.05) is 30.3 Å². The first-order valence-electron chi connectivity index (χ1n) is 10.9. The lowest BCUT2D eigenvalue weighted by atomic mass is 10.1. The van der Waals surface area contributed by atoms with Crippen molar-refractivity contribution in [2.24, 2.45) is 0 Å². The molecule has 3 aromatic carbocycles. The van der Waals surface area contributed by atoms with Crippen LogP contribution in [-0.4, -0.2) is 35.4 Å². The highest BCUT2D eigenvalue weighted by molar-refractivity contribution is 6.22. The SMILES string of the molecule is CCOc1ccc(NC(=O)CC2C(=O)N(c3ccccc3)C(=O)N2Cc2ccc(F)cc2)cc1. The number of nitrogens with one attached hydrogen (secondary N) is 1. The molecule has 3 aromatic rings. The molecule has 0 spiro atoms. The quantitative estimate of drug-likeness (QED) is 0.498. The molecule has 0 bridgehead atoms. The summed E-state index contributed by atoms with van der Waals surface area (Å²) in [6.45, 7) is 2.48. The monoisotopic (exact) mass is 461 g/mol. The van der Waals surface area contributed by atoms with Crippen molar-refractivity contribution in [1.82, 2.24) is 4.90 Å². The van der Waals surface area contributed by atoms with Gasteiger partial charge in [0.15, 0.2) is 0 Å². The normalized spacial score (nSPS) is 15.5. The molecule has 1 aliphatic rings. The van der Waals surface area contributed by atoms with Crippen LogP contribution in [0.15, 0.2) is 78.9 Å². The molecule has 34 heavy (non-hydrogen) atoms. The van der Waals surface area contributed by atoms with E-state index in [-0.39, 0.29) is 13.0 Å². The Labute approximate surface area is 196 Å². The highest BCUT2D eigenvalue weighted by Gasteiger charge is 2.46. The molecule has 1 heterocycles. The maximum Gasteiger partial charge on any atom is 0.332 e. The number of imide groups is 1. The molecule has 7 nitrogen and oxygen atoms in total. The van der Waals surface area contributed by atoms with Crippen LogP contribution < -0.4 is 15.0 Å². The lowest BCUT2D eigenvalue weighted by Crippen LogP contribution is -2.37. The van der Waals surface area contributed by atoms with Crippen molar-refractivity contribution in [3.05, 3.63) is 90.2 Å². The van der Waals surface area contributed by atoms with Gasteiger partial charge in [-0.2, -0.15) is 0 Å². The van der Waals surface area contributed by atoms with Gasteiger partial charge in [-0.25, -0.2) is 14.1 Å². The Bertz CT molecular complexity index is 1170. The van der Waals surface area contributed by atoms with Gasteiger partial charge in [0.05, 0.1) is 18.7 Å². The van der Waals surface area contributed by atoms with E-state index in [0.29, 0.717) is 29.3 Å². The second-order valence-electron chi connectivity index (χ2n) is 7.77. The Kier molecular flexibility index (Phi) is 6.87. The van der Waals surface area contributed by atoms with E-state index in [1.165, 1.54) is 17.0 Å². The number of anilines is 2. The van der Waals surface area contributed by atoms with Gasteiger partial charge in [0.1, 0.15) is 17.6 Å². The minimum Gasteiger partial charge on any atom is -0.494 e. The van der Waals surface area contributed by atoms with Crippen LogP contribution >= 0.6 is 0 Å². The molecular formula is C26H24FN3O4. The first-order chi connectivity index (χ1) is 16.5. The van der Waals surface area contributed by atoms with Gasteiger partial charge >= 0.3 is 6.03 Å². The first kappa shape index (κ1) is 23.0. The van der Waals surface area contributed by atoms with Crippen LogP contribution in [0.5, 0.6) is 5.75 Å². The number of hydrogen-bond acceptors (Lipinski definition) is 4. The number of urea groups is 1. The number of hydrogen-bond donors (Lipinski definition) is 1. The van der Waals surface area contributed by atoms with Crippen LogP contribution in [0.2, 0.25) is 0 Å². The highest BCUT2D eigenvalue weighted by Crippen LogP contribution is 2.28. The van der Waals surface area contributed by atoms with Gasteiger partial charge in [-0.05, 0) is 61.0 Å². The average molecular weight is 461 g/mol. The van der Waals surface area contributed by atoms with Crippen molar-refractivity contribution >= 4 is 29.2 Å². The molecule has 1 unspecified atom stereocenters. The molecule has 0 aliphatic carbocycles. The van der Waals surface area contributed by atoms with E-state index < -0.39 is 29.7 Å². The number of nitrogens with zero attached hydrogens (tertiary/aromatic N) is 2. The molecular weight excluding hydrogens is 437 g/mol. The zero-order chi connectivity index (χ0) is 24.1. The number of carbonyl (C=O) groups is 3. The van der Waals surface area contributed by atoms with E-state index in [1.54, 1.807) is 66.7 Å². The predicted molar refractivity (Wildman–Crippen MR) is 126 cm³/mol. The Morgan fingerprint density at radius 3 is 2.29 bits per heavy atom. The van der Waals surface area contributed by atoms with Crippen LogP contribution in [0.1, 0.15) is 18.9 Å². The third kappa shape index (κ3) is 5.06. The van der Waals surface area contributed by atoms with Gasteiger partial charge in [0.2, 0.25) is 5.91 Å². The number of ether oxygens (including phenoxy) is 1. The van der Waals surface area contributed by atoms with E-state index in [4.69, 9.17) is 4.74 Å². The Morgan fingerprint density at radius 1 is 0.971 bits per heavy atom. The van der Waals surface area contributed by atoms with Crippen LogP contribution in [-0.2, 0) is 16.1 Å². The summed E-state index contributed by atoms with van der Waals surface area (Å²) in [7, 11) is 0. The van der Waals surface area contributed by atoms with Crippen molar-refractivity contribution in [3.63, 3.8) is 0 Å². The van der Waals surface area contributed by atoms with Crippen LogP contribution in [0.3, 0.4) is 0 Å². The third-order valence-electron chi connectivity index (χ3n) is 5.43. The summed E-state index contributed by atoms with van der Waals surface area (Å²) in [4.78, 5) is 41.8. The number of carbonyl (C=O) groups excluding carboxylic acids is 3. The smallest absolute Gasteiger partial charge is 0.332 e. The van der Waals surface area contributed by atoms with Crippen LogP contribution in [0.4, 0.5) is 20.6 Å². The van der Waals surface area contributed by atoms with Gasteiger partial charge < -0.3 is 15.0 Å². The molecule has 1 fully saturated rings. The third-order valence-corrected chi connectivity index (χ3v) is 5.43. The van der Waals surface area contributed by atoms with Crippen LogP contribution in [0, 0.1) is 5.82 Å². The van der Waals surface area contributed by atoms with Gasteiger partial charge in [-0.15, -0.1) is 0 Å². The summed E-state index contributed by atoms with van der Waals surface area (Å²) in [6, 6.07) is 19.6. The van der Waals surface area contributed by atoms with Gasteiger partial charge in [-0.3, -0.25) is 9.59 Å². The van der Waals surface area contributed by atoms with E-state index in [1.807, 2.05) is 6.92 Å². The Morgan fingerprint density at radius 2 is 1.65 bits per heavy atom. The Balaban J connectivity index is 1.54. The minimum absolute atomic E-state index is 0.0647. The molecule has 8 heteroatoms. The number of halogens is 1. The number of benzene rings is 3. The minimum atomic E-state index is -1.000. The molecule has 174 valence electrons. The largest absolute Gasteiger partial charge is 0.494 e. The summed E-state index contributed by atoms with van der Waals surface area (Å²) in [5.41, 5.74) is 1.63. The van der Waals surface area contributed by atoms with Crippen molar-refractivity contribution in [2.45, 2.75) is 25.9 Å². The fourth-order valence-electron chi connectivity index (χ4n) is 3.80. The standard InChI is InChI=1S/C26H24FN3O4/c1-2-34-22-14-12-20(13-15-22)28-24(31)16-23-25(32)30(21-6-4-3-5-7-21)26(33)29(23)17-18-8-10-19(27)11-9-18/h3-15,23H,2,16-17H2,1H3,(H,28,31). The van der Waals surface area contributed by atoms with Crippen molar-refractivity contribution in [1.29, 1.82) is 0 Å². The number of rotatable bonds is 8. The summed E-state index contributed by atoms with van der Waals surface area (Å²) in [5, 5.41) is 2.77. The molecule has 0 saturated carbocycles. The fourth-order valence-corrected chi connectivity index (χ4v) is 3.80. The maximum atomic E-state index is 13.3. The molecule has 0 radical (unpaired) electrons. The first-order valence-corrected chi connectivity index (χ1v) is 10.9. The highest BCUT2D eigenvalue weighted by atomic mass is 19.1. The second kappa shape index (κ2) is 10.2. The van der Waals surface area contributed by atoms with E-state index in [2.05, 4.69) is 5.32 Å².